The molecule has 0 radical (unpaired) electrons. The van der Waals surface area contributed by atoms with Gasteiger partial charge >= 0.3 is 5.97 Å². The van der Waals surface area contributed by atoms with Crippen LogP contribution in [0.5, 0.6) is 0 Å². The number of carboxylic acid groups (broad SMARTS) is 1. The van der Waals surface area contributed by atoms with E-state index in [2.05, 4.69) is 10.3 Å². The molecule has 0 aliphatic carbocycles. The summed E-state index contributed by atoms with van der Waals surface area (Å²) in [7, 11) is 0. The van der Waals surface area contributed by atoms with Gasteiger partial charge in [-0.2, -0.15) is 0 Å². The van der Waals surface area contributed by atoms with Gasteiger partial charge in [-0.05, 0) is 32.9 Å². The van der Waals surface area contributed by atoms with Crippen molar-refractivity contribution in [2.75, 3.05) is 5.32 Å². The van der Waals surface area contributed by atoms with Gasteiger partial charge in [-0.15, -0.1) is 0 Å². The van der Waals surface area contributed by atoms with E-state index in [0.717, 1.165) is 11.5 Å². The lowest BCUT2D eigenvalue weighted by molar-refractivity contribution is 0.0696. The molecule has 2 aromatic heterocycles. The van der Waals surface area contributed by atoms with Crippen LogP contribution in [0.1, 0.15) is 31.1 Å². The number of pyridine rings is 1. The highest BCUT2D eigenvalue weighted by Gasteiger charge is 2.13. The first-order chi connectivity index (χ1) is 7.87. The van der Waals surface area contributed by atoms with Crippen LogP contribution in [0.2, 0.25) is 0 Å². The number of carbonyl (C=O) groups is 1. The van der Waals surface area contributed by atoms with E-state index in [1.165, 1.54) is 0 Å². The number of aromatic nitrogens is 2. The zero-order valence-electron chi connectivity index (χ0n) is 10.1. The largest absolute Gasteiger partial charge is 0.478 e. The molecule has 0 aromatic carbocycles. The van der Waals surface area contributed by atoms with Gasteiger partial charge in [0.2, 0.25) is 0 Å². The number of anilines is 1. The van der Waals surface area contributed by atoms with Crippen molar-refractivity contribution in [3.05, 3.63) is 30.1 Å². The van der Waals surface area contributed by atoms with Crippen LogP contribution in [0.15, 0.2) is 24.5 Å². The van der Waals surface area contributed by atoms with Gasteiger partial charge in [-0.3, -0.25) is 4.40 Å². The van der Waals surface area contributed by atoms with Crippen molar-refractivity contribution < 1.29 is 9.90 Å². The average Bonchev–Trinajstić information content (AvgIpc) is 2.58. The number of fused-ring (bicyclic) bond motifs is 1. The first kappa shape index (κ1) is 11.4. The second kappa shape index (κ2) is 3.76. The predicted molar refractivity (Wildman–Crippen MR) is 65.5 cm³/mol. The molecule has 0 saturated carbocycles. The van der Waals surface area contributed by atoms with Crippen LogP contribution < -0.4 is 5.32 Å². The smallest absolute Gasteiger partial charge is 0.337 e. The fraction of sp³-hybridized carbons (Fsp3) is 0.333. The Morgan fingerprint density at radius 3 is 2.71 bits per heavy atom. The number of hydrogen-bond acceptors (Lipinski definition) is 3. The molecule has 5 heteroatoms. The van der Waals surface area contributed by atoms with Crippen LogP contribution >= 0.6 is 0 Å². The van der Waals surface area contributed by atoms with E-state index in [-0.39, 0.29) is 11.1 Å². The molecule has 0 aliphatic rings. The van der Waals surface area contributed by atoms with E-state index in [1.54, 1.807) is 28.9 Å². The molecule has 0 bridgehead atoms. The van der Waals surface area contributed by atoms with Gasteiger partial charge in [-0.25, -0.2) is 9.78 Å². The standard InChI is InChI=1S/C12H15N3O2/c1-12(2,3)14-10-6-13-9-5-4-8(11(16)17)7-15(9)10/h4-7,14H,1-3H3,(H,16,17). The summed E-state index contributed by atoms with van der Waals surface area (Å²) in [6.07, 6.45) is 3.27. The van der Waals surface area contributed by atoms with Gasteiger partial charge in [0, 0.05) is 11.7 Å². The van der Waals surface area contributed by atoms with Crippen molar-refractivity contribution in [3.8, 4) is 0 Å². The van der Waals surface area contributed by atoms with E-state index in [9.17, 15) is 4.79 Å². The van der Waals surface area contributed by atoms with Crippen molar-refractivity contribution in [2.45, 2.75) is 26.3 Å². The van der Waals surface area contributed by atoms with Crippen LogP contribution in [-0.2, 0) is 0 Å². The van der Waals surface area contributed by atoms with Gasteiger partial charge in [0.05, 0.1) is 11.8 Å². The third-order valence-electron chi connectivity index (χ3n) is 2.26. The normalized spacial score (nSPS) is 11.7. The molecule has 90 valence electrons. The maximum absolute atomic E-state index is 10.9. The molecule has 0 saturated heterocycles. The zero-order chi connectivity index (χ0) is 12.6. The highest BCUT2D eigenvalue weighted by Crippen LogP contribution is 2.17. The highest BCUT2D eigenvalue weighted by molar-refractivity contribution is 5.87. The quantitative estimate of drug-likeness (QED) is 0.834. The van der Waals surface area contributed by atoms with Crippen LogP contribution in [0, 0.1) is 0 Å². The number of aromatic carboxylic acids is 1. The minimum atomic E-state index is -0.942. The fourth-order valence-electron chi connectivity index (χ4n) is 1.58. The first-order valence-corrected chi connectivity index (χ1v) is 5.35. The molecule has 0 fully saturated rings. The molecule has 2 rings (SSSR count). The maximum atomic E-state index is 10.9. The topological polar surface area (TPSA) is 66.6 Å². The van der Waals surface area contributed by atoms with Crippen LogP contribution in [-0.4, -0.2) is 26.0 Å². The molecule has 2 heterocycles. The summed E-state index contributed by atoms with van der Waals surface area (Å²) in [5, 5.41) is 12.2. The molecular formula is C12H15N3O2. The number of nitrogens with zero attached hydrogens (tertiary/aromatic N) is 2. The van der Waals surface area contributed by atoms with Crippen molar-refractivity contribution in [1.29, 1.82) is 0 Å². The van der Waals surface area contributed by atoms with E-state index in [1.807, 2.05) is 20.8 Å². The lowest BCUT2D eigenvalue weighted by Crippen LogP contribution is -2.26. The van der Waals surface area contributed by atoms with Gasteiger partial charge in [-0.1, -0.05) is 0 Å². The van der Waals surface area contributed by atoms with Crippen molar-refractivity contribution in [3.63, 3.8) is 0 Å². The monoisotopic (exact) mass is 233 g/mol. The van der Waals surface area contributed by atoms with Crippen LogP contribution in [0.25, 0.3) is 5.65 Å². The summed E-state index contributed by atoms with van der Waals surface area (Å²) in [4.78, 5) is 15.1. The molecule has 17 heavy (non-hydrogen) atoms. The lowest BCUT2D eigenvalue weighted by Gasteiger charge is -2.21. The molecule has 0 amide bonds. The van der Waals surface area contributed by atoms with Crippen LogP contribution in [0.3, 0.4) is 0 Å². The average molecular weight is 233 g/mol. The summed E-state index contributed by atoms with van der Waals surface area (Å²) >= 11 is 0. The molecule has 0 aliphatic heterocycles. The highest BCUT2D eigenvalue weighted by atomic mass is 16.4. The zero-order valence-corrected chi connectivity index (χ0v) is 10.1. The molecule has 5 nitrogen and oxygen atoms in total. The minimum absolute atomic E-state index is 0.102. The van der Waals surface area contributed by atoms with E-state index in [0.29, 0.717) is 0 Å². The van der Waals surface area contributed by atoms with Gasteiger partial charge in [0.25, 0.3) is 0 Å². The fourth-order valence-corrected chi connectivity index (χ4v) is 1.58. The Bertz CT molecular complexity index is 567. The van der Waals surface area contributed by atoms with E-state index in [4.69, 9.17) is 5.11 Å². The molecular weight excluding hydrogens is 218 g/mol. The Kier molecular flexibility index (Phi) is 2.53. The number of nitrogens with one attached hydrogen (secondary N) is 1. The number of rotatable bonds is 2. The van der Waals surface area contributed by atoms with Crippen molar-refractivity contribution in [1.82, 2.24) is 9.38 Å². The summed E-state index contributed by atoms with van der Waals surface area (Å²) < 4.78 is 1.74. The molecule has 0 atom stereocenters. The Balaban J connectivity index is 2.50. The summed E-state index contributed by atoms with van der Waals surface area (Å²) in [5.74, 6) is -0.155. The summed E-state index contributed by atoms with van der Waals surface area (Å²) in [6, 6.07) is 3.24. The maximum Gasteiger partial charge on any atom is 0.337 e. The Labute approximate surface area is 99.1 Å². The SMILES string of the molecule is CC(C)(C)Nc1cnc2ccc(C(=O)O)cn12. The van der Waals surface area contributed by atoms with Gasteiger partial charge in [0.15, 0.2) is 0 Å². The Morgan fingerprint density at radius 1 is 1.41 bits per heavy atom. The van der Waals surface area contributed by atoms with E-state index >= 15 is 0 Å². The summed E-state index contributed by atoms with van der Waals surface area (Å²) in [6.45, 7) is 6.11. The number of hydrogen-bond donors (Lipinski definition) is 2. The van der Waals surface area contributed by atoms with Crippen molar-refractivity contribution >= 4 is 17.4 Å². The number of carboxylic acids is 1. The molecule has 2 aromatic rings. The predicted octanol–water partition coefficient (Wildman–Crippen LogP) is 2.24. The second-order valence-corrected chi connectivity index (χ2v) is 4.97. The Hall–Kier alpha value is -2.04. The third-order valence-corrected chi connectivity index (χ3v) is 2.26. The molecule has 2 N–H and O–H groups in total. The van der Waals surface area contributed by atoms with Gasteiger partial charge in [0.1, 0.15) is 11.5 Å². The second-order valence-electron chi connectivity index (χ2n) is 4.97. The Morgan fingerprint density at radius 2 is 2.12 bits per heavy atom. The third kappa shape index (κ3) is 2.38. The van der Waals surface area contributed by atoms with Crippen molar-refractivity contribution in [2.24, 2.45) is 0 Å². The van der Waals surface area contributed by atoms with E-state index < -0.39 is 5.97 Å². The van der Waals surface area contributed by atoms with Crippen LogP contribution in [0.4, 0.5) is 5.82 Å². The minimum Gasteiger partial charge on any atom is -0.478 e. The van der Waals surface area contributed by atoms with Gasteiger partial charge < -0.3 is 10.4 Å². The first-order valence-electron chi connectivity index (χ1n) is 5.35. The lowest BCUT2D eigenvalue weighted by atomic mass is 10.1. The number of imidazole rings is 1. The molecule has 0 spiro atoms. The summed E-state index contributed by atoms with van der Waals surface area (Å²) in [5.41, 5.74) is 0.865. The molecule has 0 unspecified atom stereocenters.